The fraction of sp³-hybridized carbons (Fsp3) is 0.333. The maximum atomic E-state index is 9.57. The lowest BCUT2D eigenvalue weighted by atomic mass is 10.1. The zero-order valence-corrected chi connectivity index (χ0v) is 9.93. The summed E-state index contributed by atoms with van der Waals surface area (Å²) in [6, 6.07) is 7.56. The molecule has 17 heavy (non-hydrogen) atoms. The second-order valence-electron chi connectivity index (χ2n) is 4.24. The third kappa shape index (κ3) is 1.94. The van der Waals surface area contributed by atoms with E-state index in [-0.39, 0.29) is 6.10 Å². The van der Waals surface area contributed by atoms with Crippen molar-refractivity contribution in [3.05, 3.63) is 35.1 Å². The van der Waals surface area contributed by atoms with Crippen molar-refractivity contribution >= 4 is 11.6 Å². The molecule has 1 aromatic carbocycles. The van der Waals surface area contributed by atoms with E-state index >= 15 is 0 Å². The van der Waals surface area contributed by atoms with Crippen LogP contribution in [0.25, 0.3) is 11.4 Å². The van der Waals surface area contributed by atoms with Crippen LogP contribution in [-0.2, 0) is 13.0 Å². The number of hydrogen-bond donors (Lipinski definition) is 1. The Hall–Kier alpha value is -1.39. The van der Waals surface area contributed by atoms with Gasteiger partial charge in [-0.05, 0) is 30.7 Å². The molecular formula is C12H12ClN3O. The molecule has 1 aromatic heterocycles. The Morgan fingerprint density at radius 1 is 1.24 bits per heavy atom. The van der Waals surface area contributed by atoms with Gasteiger partial charge in [-0.2, -0.15) is 0 Å². The van der Waals surface area contributed by atoms with Crippen LogP contribution in [0.4, 0.5) is 0 Å². The average molecular weight is 250 g/mol. The van der Waals surface area contributed by atoms with E-state index in [0.29, 0.717) is 11.4 Å². The molecule has 88 valence electrons. The van der Waals surface area contributed by atoms with E-state index in [1.54, 1.807) is 0 Å². The van der Waals surface area contributed by atoms with E-state index in [1.807, 2.05) is 24.3 Å². The normalized spacial score (nSPS) is 19.1. The van der Waals surface area contributed by atoms with Crippen LogP contribution in [0.1, 0.15) is 12.2 Å². The van der Waals surface area contributed by atoms with Crippen molar-refractivity contribution < 1.29 is 5.11 Å². The first-order valence-electron chi connectivity index (χ1n) is 5.60. The van der Waals surface area contributed by atoms with Crippen molar-refractivity contribution in [2.45, 2.75) is 25.5 Å². The van der Waals surface area contributed by atoms with Gasteiger partial charge in [-0.1, -0.05) is 11.6 Å². The van der Waals surface area contributed by atoms with E-state index < -0.39 is 0 Å². The predicted molar refractivity (Wildman–Crippen MR) is 64.8 cm³/mol. The molecule has 1 atom stereocenters. The van der Waals surface area contributed by atoms with Crippen molar-refractivity contribution in [1.29, 1.82) is 0 Å². The Labute approximate surface area is 104 Å². The van der Waals surface area contributed by atoms with Crippen molar-refractivity contribution in [1.82, 2.24) is 14.8 Å². The van der Waals surface area contributed by atoms with E-state index in [0.717, 1.165) is 30.2 Å². The van der Waals surface area contributed by atoms with Crippen LogP contribution in [0.15, 0.2) is 24.3 Å². The zero-order chi connectivity index (χ0) is 11.8. The van der Waals surface area contributed by atoms with Gasteiger partial charge in [0.05, 0.1) is 6.10 Å². The summed E-state index contributed by atoms with van der Waals surface area (Å²) in [5, 5.41) is 18.6. The Morgan fingerprint density at radius 2 is 2.00 bits per heavy atom. The Morgan fingerprint density at radius 3 is 2.76 bits per heavy atom. The van der Waals surface area contributed by atoms with Crippen LogP contribution < -0.4 is 0 Å². The van der Waals surface area contributed by atoms with Gasteiger partial charge in [-0.15, -0.1) is 10.2 Å². The monoisotopic (exact) mass is 249 g/mol. The summed E-state index contributed by atoms with van der Waals surface area (Å²) >= 11 is 5.86. The van der Waals surface area contributed by atoms with Crippen LogP contribution >= 0.6 is 11.6 Å². The van der Waals surface area contributed by atoms with Crippen LogP contribution in [0.3, 0.4) is 0 Å². The molecule has 0 spiro atoms. The van der Waals surface area contributed by atoms with Crippen LogP contribution in [0.2, 0.25) is 5.02 Å². The van der Waals surface area contributed by atoms with E-state index in [2.05, 4.69) is 14.8 Å². The number of benzene rings is 1. The molecule has 1 aliphatic heterocycles. The highest BCUT2D eigenvalue weighted by atomic mass is 35.5. The molecule has 0 saturated carbocycles. The first-order valence-corrected chi connectivity index (χ1v) is 5.98. The minimum Gasteiger partial charge on any atom is -0.393 e. The topological polar surface area (TPSA) is 50.9 Å². The highest BCUT2D eigenvalue weighted by molar-refractivity contribution is 6.30. The van der Waals surface area contributed by atoms with Crippen LogP contribution in [-0.4, -0.2) is 26.0 Å². The number of rotatable bonds is 1. The molecule has 0 saturated heterocycles. The van der Waals surface area contributed by atoms with Gasteiger partial charge in [0.1, 0.15) is 5.82 Å². The lowest BCUT2D eigenvalue weighted by molar-refractivity contribution is 0.142. The van der Waals surface area contributed by atoms with Gasteiger partial charge in [-0.25, -0.2) is 0 Å². The summed E-state index contributed by atoms with van der Waals surface area (Å²) in [7, 11) is 0. The summed E-state index contributed by atoms with van der Waals surface area (Å²) in [5.74, 6) is 1.71. The lowest BCUT2D eigenvalue weighted by Gasteiger charge is -2.19. The number of fused-ring (bicyclic) bond motifs is 1. The number of hydrogen-bond acceptors (Lipinski definition) is 3. The van der Waals surface area contributed by atoms with Gasteiger partial charge in [0, 0.05) is 23.6 Å². The summed E-state index contributed by atoms with van der Waals surface area (Å²) in [6.45, 7) is 0.765. The average Bonchev–Trinajstić information content (AvgIpc) is 2.73. The molecule has 1 unspecified atom stereocenters. The standard InChI is InChI=1S/C12H12ClN3O/c13-9-3-1-8(2-4-9)12-15-14-11-7-10(17)5-6-16(11)12/h1-4,10,17H,5-7H2. The van der Waals surface area contributed by atoms with Gasteiger partial charge in [0.15, 0.2) is 5.82 Å². The van der Waals surface area contributed by atoms with Gasteiger partial charge < -0.3 is 9.67 Å². The molecule has 0 aliphatic carbocycles. The minimum atomic E-state index is -0.287. The number of aliphatic hydroxyl groups excluding tert-OH is 1. The number of nitrogens with zero attached hydrogens (tertiary/aromatic N) is 3. The first kappa shape index (κ1) is 10.7. The van der Waals surface area contributed by atoms with Crippen LogP contribution in [0.5, 0.6) is 0 Å². The highest BCUT2D eigenvalue weighted by Gasteiger charge is 2.21. The molecule has 0 amide bonds. The Bertz CT molecular complexity index is 535. The van der Waals surface area contributed by atoms with Crippen molar-refractivity contribution in [3.8, 4) is 11.4 Å². The molecule has 2 heterocycles. The first-order chi connectivity index (χ1) is 8.24. The summed E-state index contributed by atoms with van der Waals surface area (Å²) < 4.78 is 2.07. The highest BCUT2D eigenvalue weighted by Crippen LogP contribution is 2.24. The molecule has 1 N–H and O–H groups in total. The molecule has 0 fully saturated rings. The quantitative estimate of drug-likeness (QED) is 0.840. The van der Waals surface area contributed by atoms with E-state index in [1.165, 1.54) is 0 Å². The maximum absolute atomic E-state index is 9.57. The van der Waals surface area contributed by atoms with Crippen molar-refractivity contribution in [2.75, 3.05) is 0 Å². The molecule has 0 bridgehead atoms. The van der Waals surface area contributed by atoms with E-state index in [9.17, 15) is 5.11 Å². The number of halogens is 1. The molecular weight excluding hydrogens is 238 g/mol. The van der Waals surface area contributed by atoms with Crippen molar-refractivity contribution in [3.63, 3.8) is 0 Å². The molecule has 0 radical (unpaired) electrons. The predicted octanol–water partition coefficient (Wildman–Crippen LogP) is 1.91. The largest absolute Gasteiger partial charge is 0.393 e. The second-order valence-corrected chi connectivity index (χ2v) is 4.68. The summed E-state index contributed by atoms with van der Waals surface area (Å²) in [4.78, 5) is 0. The lowest BCUT2D eigenvalue weighted by Crippen LogP contribution is -2.23. The van der Waals surface area contributed by atoms with E-state index in [4.69, 9.17) is 11.6 Å². The summed E-state index contributed by atoms with van der Waals surface area (Å²) in [6.07, 6.45) is 1.05. The van der Waals surface area contributed by atoms with Gasteiger partial charge in [0.2, 0.25) is 0 Å². The molecule has 5 heteroatoms. The van der Waals surface area contributed by atoms with Gasteiger partial charge >= 0.3 is 0 Å². The number of aromatic nitrogens is 3. The van der Waals surface area contributed by atoms with Gasteiger partial charge in [0.25, 0.3) is 0 Å². The fourth-order valence-electron chi connectivity index (χ4n) is 2.12. The van der Waals surface area contributed by atoms with Crippen LogP contribution in [0, 0.1) is 0 Å². The van der Waals surface area contributed by atoms with Gasteiger partial charge in [-0.3, -0.25) is 0 Å². The minimum absolute atomic E-state index is 0.287. The maximum Gasteiger partial charge on any atom is 0.163 e. The molecule has 4 nitrogen and oxygen atoms in total. The third-order valence-corrected chi connectivity index (χ3v) is 3.29. The third-order valence-electron chi connectivity index (χ3n) is 3.03. The Balaban J connectivity index is 2.02. The second kappa shape index (κ2) is 4.13. The molecule has 3 rings (SSSR count). The number of aliphatic hydroxyl groups is 1. The SMILES string of the molecule is OC1CCn2c(nnc2-c2ccc(Cl)cc2)C1. The zero-order valence-electron chi connectivity index (χ0n) is 9.17. The van der Waals surface area contributed by atoms with Crippen molar-refractivity contribution in [2.24, 2.45) is 0 Å². The molecule has 1 aliphatic rings. The fourth-order valence-corrected chi connectivity index (χ4v) is 2.25. The summed E-state index contributed by atoms with van der Waals surface area (Å²) in [5.41, 5.74) is 1.00. The molecule has 2 aromatic rings. The smallest absolute Gasteiger partial charge is 0.163 e. The Kier molecular flexibility index (Phi) is 2.61.